The van der Waals surface area contributed by atoms with Crippen molar-refractivity contribution < 1.29 is 19.0 Å². The monoisotopic (exact) mass is 541 g/mol. The molecular formula is C32H48FN3O3. The molecule has 216 valence electrons. The first-order valence-corrected chi connectivity index (χ1v) is 14.9. The minimum atomic E-state index is -0.717. The molecule has 39 heavy (non-hydrogen) atoms. The molecule has 0 aromatic heterocycles. The lowest BCUT2D eigenvalue weighted by Gasteiger charge is -2.37. The second-order valence-electron chi connectivity index (χ2n) is 10.7. The number of amides is 1. The maximum absolute atomic E-state index is 13.6. The Bertz CT molecular complexity index is 994. The molecule has 1 atom stereocenters. The number of hydrogen-bond donors (Lipinski definition) is 2. The molecule has 0 radical (unpaired) electrons. The highest BCUT2D eigenvalue weighted by Crippen LogP contribution is 2.25. The predicted octanol–water partition coefficient (Wildman–Crippen LogP) is 6.34. The summed E-state index contributed by atoms with van der Waals surface area (Å²) in [6.07, 6.45) is 11.9. The number of anilines is 1. The predicted molar refractivity (Wildman–Crippen MR) is 157 cm³/mol. The summed E-state index contributed by atoms with van der Waals surface area (Å²) in [7, 11) is 1.56. The summed E-state index contributed by atoms with van der Waals surface area (Å²) >= 11 is 0. The second-order valence-corrected chi connectivity index (χ2v) is 10.7. The maximum atomic E-state index is 13.6. The van der Waals surface area contributed by atoms with Crippen LogP contribution >= 0.6 is 0 Å². The van der Waals surface area contributed by atoms with E-state index in [1.807, 2.05) is 12.1 Å². The van der Waals surface area contributed by atoms with Crippen molar-refractivity contribution in [3.05, 3.63) is 59.4 Å². The number of ether oxygens (including phenoxy) is 1. The van der Waals surface area contributed by atoms with E-state index in [0.717, 1.165) is 44.7 Å². The van der Waals surface area contributed by atoms with Crippen molar-refractivity contribution in [3.63, 3.8) is 0 Å². The third-order valence-corrected chi connectivity index (χ3v) is 7.65. The van der Waals surface area contributed by atoms with Gasteiger partial charge in [-0.25, -0.2) is 4.39 Å². The average Bonchev–Trinajstić information content (AvgIpc) is 2.95. The molecule has 1 heterocycles. The van der Waals surface area contributed by atoms with Gasteiger partial charge in [-0.05, 0) is 42.3 Å². The Morgan fingerprint density at radius 2 is 1.62 bits per heavy atom. The summed E-state index contributed by atoms with van der Waals surface area (Å²) in [4.78, 5) is 17.3. The number of rotatable bonds is 17. The lowest BCUT2D eigenvalue weighted by atomic mass is 10.0. The number of nitrogens with one attached hydrogen (secondary N) is 1. The largest absolute Gasteiger partial charge is 0.496 e. The molecule has 2 aromatic rings. The standard InChI is InChI=1S/C32H48FN3O3/c1-3-4-5-6-7-8-9-10-11-12-18-34-32(38)29-23-26(16-17-31(29)39-2)30(37)25-35-19-21-36(22-20-35)28-15-13-14-27(33)24-28/h13-17,23-24,30,37H,3-12,18-22,25H2,1-2H3,(H,34,38). The van der Waals surface area contributed by atoms with E-state index in [4.69, 9.17) is 4.74 Å². The van der Waals surface area contributed by atoms with Gasteiger partial charge in [-0.2, -0.15) is 0 Å². The molecule has 1 saturated heterocycles. The first-order chi connectivity index (χ1) is 19.0. The molecule has 0 spiro atoms. The van der Waals surface area contributed by atoms with Crippen molar-refractivity contribution in [1.82, 2.24) is 10.2 Å². The van der Waals surface area contributed by atoms with Crippen LogP contribution in [0.25, 0.3) is 0 Å². The van der Waals surface area contributed by atoms with Crippen LogP contribution in [0.2, 0.25) is 0 Å². The Balaban J connectivity index is 1.40. The second kappa shape index (κ2) is 17.1. The van der Waals surface area contributed by atoms with Crippen molar-refractivity contribution in [3.8, 4) is 5.75 Å². The van der Waals surface area contributed by atoms with Crippen molar-refractivity contribution in [2.45, 2.75) is 77.2 Å². The van der Waals surface area contributed by atoms with Crippen LogP contribution in [0.3, 0.4) is 0 Å². The number of piperazine rings is 1. The first-order valence-electron chi connectivity index (χ1n) is 14.9. The van der Waals surface area contributed by atoms with Gasteiger partial charge in [0.1, 0.15) is 11.6 Å². The molecule has 1 aliphatic rings. The zero-order chi connectivity index (χ0) is 27.9. The first kappa shape index (κ1) is 30.9. The molecule has 1 fully saturated rings. The number of β-amino-alcohol motifs (C(OH)–C–C–N with tert-alkyl or cyclic N) is 1. The lowest BCUT2D eigenvalue weighted by molar-refractivity contribution is 0.0948. The van der Waals surface area contributed by atoms with Gasteiger partial charge < -0.3 is 20.1 Å². The van der Waals surface area contributed by atoms with E-state index in [1.165, 1.54) is 57.4 Å². The number of benzene rings is 2. The number of aliphatic hydroxyl groups is 1. The molecule has 7 heteroatoms. The Morgan fingerprint density at radius 3 is 2.26 bits per heavy atom. The summed E-state index contributed by atoms with van der Waals surface area (Å²) in [6, 6.07) is 12.0. The minimum Gasteiger partial charge on any atom is -0.496 e. The van der Waals surface area contributed by atoms with Gasteiger partial charge in [0.05, 0.1) is 18.8 Å². The highest BCUT2D eigenvalue weighted by Gasteiger charge is 2.22. The van der Waals surface area contributed by atoms with Crippen molar-refractivity contribution in [1.29, 1.82) is 0 Å². The third kappa shape index (κ3) is 10.5. The molecule has 3 rings (SSSR count). The number of hydrogen-bond acceptors (Lipinski definition) is 5. The van der Waals surface area contributed by atoms with Crippen LogP contribution in [0.1, 0.15) is 93.2 Å². The number of unbranched alkanes of at least 4 members (excludes halogenated alkanes) is 9. The average molecular weight is 542 g/mol. The Labute approximate surface area is 234 Å². The SMILES string of the molecule is CCCCCCCCCCCCNC(=O)c1cc(C(O)CN2CCN(c3cccc(F)c3)CC2)ccc1OC. The summed E-state index contributed by atoms with van der Waals surface area (Å²) in [5.41, 5.74) is 2.04. The van der Waals surface area contributed by atoms with Crippen molar-refractivity contribution in [2.75, 3.05) is 51.3 Å². The van der Waals surface area contributed by atoms with Crippen LogP contribution in [-0.4, -0.2) is 62.3 Å². The number of methoxy groups -OCH3 is 1. The van der Waals surface area contributed by atoms with Gasteiger partial charge in [0, 0.05) is 45.0 Å². The quantitative estimate of drug-likeness (QED) is 0.229. The zero-order valence-electron chi connectivity index (χ0n) is 24.0. The highest BCUT2D eigenvalue weighted by atomic mass is 19.1. The number of carbonyl (C=O) groups is 1. The molecule has 1 aliphatic heterocycles. The number of halogens is 1. The Hall–Kier alpha value is -2.64. The third-order valence-electron chi connectivity index (χ3n) is 7.65. The van der Waals surface area contributed by atoms with Gasteiger partial charge in [0.25, 0.3) is 5.91 Å². The fourth-order valence-corrected chi connectivity index (χ4v) is 5.23. The summed E-state index contributed by atoms with van der Waals surface area (Å²) in [6.45, 7) is 6.45. The number of aliphatic hydroxyl groups excluding tert-OH is 1. The van der Waals surface area contributed by atoms with E-state index in [0.29, 0.717) is 30.0 Å². The highest BCUT2D eigenvalue weighted by molar-refractivity contribution is 5.97. The number of carbonyl (C=O) groups excluding carboxylic acids is 1. The summed E-state index contributed by atoms with van der Waals surface area (Å²) < 4.78 is 19.0. The van der Waals surface area contributed by atoms with E-state index in [1.54, 1.807) is 31.4 Å². The van der Waals surface area contributed by atoms with Gasteiger partial charge >= 0.3 is 0 Å². The normalized spacial score (nSPS) is 14.8. The molecule has 0 bridgehead atoms. The van der Waals surface area contributed by atoms with E-state index in [2.05, 4.69) is 22.0 Å². The van der Waals surface area contributed by atoms with E-state index in [9.17, 15) is 14.3 Å². The van der Waals surface area contributed by atoms with E-state index >= 15 is 0 Å². The summed E-state index contributed by atoms with van der Waals surface area (Å²) in [5.74, 6) is 0.115. The number of nitrogens with zero attached hydrogens (tertiary/aromatic N) is 2. The van der Waals surface area contributed by atoms with Crippen LogP contribution in [0, 0.1) is 5.82 Å². The van der Waals surface area contributed by atoms with Crippen LogP contribution in [0.15, 0.2) is 42.5 Å². The lowest BCUT2D eigenvalue weighted by Crippen LogP contribution is -2.47. The maximum Gasteiger partial charge on any atom is 0.255 e. The van der Waals surface area contributed by atoms with Gasteiger partial charge in [0.15, 0.2) is 0 Å². The zero-order valence-corrected chi connectivity index (χ0v) is 24.0. The molecule has 1 amide bonds. The fourth-order valence-electron chi connectivity index (χ4n) is 5.23. The van der Waals surface area contributed by atoms with Gasteiger partial charge in [0.2, 0.25) is 0 Å². The molecule has 2 aromatic carbocycles. The van der Waals surface area contributed by atoms with Gasteiger partial charge in [-0.3, -0.25) is 9.69 Å². The van der Waals surface area contributed by atoms with Gasteiger partial charge in [-0.15, -0.1) is 0 Å². The molecule has 1 unspecified atom stereocenters. The van der Waals surface area contributed by atoms with Crippen molar-refractivity contribution in [2.24, 2.45) is 0 Å². The molecular weight excluding hydrogens is 493 g/mol. The molecule has 2 N–H and O–H groups in total. The summed E-state index contributed by atoms with van der Waals surface area (Å²) in [5, 5.41) is 14.0. The Kier molecular flexibility index (Phi) is 13.6. The molecule has 0 aliphatic carbocycles. The topological polar surface area (TPSA) is 65.0 Å². The fraction of sp³-hybridized carbons (Fsp3) is 0.594. The van der Waals surface area contributed by atoms with Gasteiger partial charge in [-0.1, -0.05) is 76.8 Å². The minimum absolute atomic E-state index is 0.166. The van der Waals surface area contributed by atoms with Crippen molar-refractivity contribution >= 4 is 11.6 Å². The molecule has 0 saturated carbocycles. The smallest absolute Gasteiger partial charge is 0.255 e. The van der Waals surface area contributed by atoms with Crippen LogP contribution < -0.4 is 15.0 Å². The van der Waals surface area contributed by atoms with E-state index < -0.39 is 6.10 Å². The van der Waals surface area contributed by atoms with Crippen LogP contribution in [-0.2, 0) is 0 Å². The van der Waals surface area contributed by atoms with Crippen LogP contribution in [0.5, 0.6) is 5.75 Å². The molecule has 6 nitrogen and oxygen atoms in total. The van der Waals surface area contributed by atoms with Crippen LogP contribution in [0.4, 0.5) is 10.1 Å². The Morgan fingerprint density at radius 1 is 0.949 bits per heavy atom. The van der Waals surface area contributed by atoms with E-state index in [-0.39, 0.29) is 11.7 Å².